The molecule has 1 aromatic heterocycles. The average molecular weight is 317 g/mol. The van der Waals surface area contributed by atoms with Crippen molar-refractivity contribution in [3.05, 3.63) is 23.2 Å². The van der Waals surface area contributed by atoms with Crippen LogP contribution in [0, 0.1) is 11.3 Å². The highest BCUT2D eigenvalue weighted by atomic mass is 32.1. The summed E-state index contributed by atoms with van der Waals surface area (Å²) in [6.07, 6.45) is 1.36. The molecule has 0 saturated carbocycles. The van der Waals surface area contributed by atoms with Gasteiger partial charge in [-0.05, 0) is 24.6 Å². The SMILES string of the molecule is N#CCCCc1nc2ccc(N3CO[C@@H](CO)C3=O)cc2s1. The van der Waals surface area contributed by atoms with Crippen molar-refractivity contribution in [2.75, 3.05) is 18.2 Å². The first kappa shape index (κ1) is 14.9. The molecule has 2 aromatic rings. The van der Waals surface area contributed by atoms with Gasteiger partial charge in [-0.2, -0.15) is 5.26 Å². The summed E-state index contributed by atoms with van der Waals surface area (Å²) in [5.74, 6) is -0.222. The molecule has 0 radical (unpaired) electrons. The second-order valence-electron chi connectivity index (χ2n) is 5.00. The van der Waals surface area contributed by atoms with Gasteiger partial charge in [-0.1, -0.05) is 0 Å². The van der Waals surface area contributed by atoms with Crippen LogP contribution in [-0.2, 0) is 16.0 Å². The number of ether oxygens (including phenoxy) is 1. The zero-order valence-corrected chi connectivity index (χ0v) is 12.7. The van der Waals surface area contributed by atoms with Gasteiger partial charge in [0.2, 0.25) is 0 Å². The molecule has 1 atom stereocenters. The van der Waals surface area contributed by atoms with Gasteiger partial charge >= 0.3 is 0 Å². The molecule has 1 amide bonds. The Balaban J connectivity index is 1.81. The van der Waals surface area contributed by atoms with E-state index in [-0.39, 0.29) is 19.2 Å². The zero-order chi connectivity index (χ0) is 15.5. The molecule has 1 N–H and O–H groups in total. The Bertz CT molecular complexity index is 737. The Kier molecular flexibility index (Phi) is 4.34. The van der Waals surface area contributed by atoms with Crippen LogP contribution in [0.3, 0.4) is 0 Å². The Hall–Kier alpha value is -2.01. The van der Waals surface area contributed by atoms with Crippen molar-refractivity contribution in [1.82, 2.24) is 4.98 Å². The number of anilines is 1. The van der Waals surface area contributed by atoms with Crippen molar-refractivity contribution in [1.29, 1.82) is 5.26 Å². The molecule has 114 valence electrons. The van der Waals surface area contributed by atoms with Gasteiger partial charge in [0.25, 0.3) is 5.91 Å². The molecule has 1 aliphatic rings. The maximum absolute atomic E-state index is 12.1. The van der Waals surface area contributed by atoms with Gasteiger partial charge in [0.05, 0.1) is 27.9 Å². The first-order valence-corrected chi connectivity index (χ1v) is 7.85. The Morgan fingerprint density at radius 1 is 1.55 bits per heavy atom. The van der Waals surface area contributed by atoms with E-state index in [4.69, 9.17) is 15.1 Å². The first-order valence-electron chi connectivity index (χ1n) is 7.03. The molecule has 7 heteroatoms. The Labute approximate surface area is 131 Å². The highest BCUT2D eigenvalue weighted by Gasteiger charge is 2.33. The molecule has 22 heavy (non-hydrogen) atoms. The fourth-order valence-electron chi connectivity index (χ4n) is 2.36. The number of aliphatic hydroxyl groups is 1. The van der Waals surface area contributed by atoms with E-state index in [0.29, 0.717) is 6.42 Å². The first-order chi connectivity index (χ1) is 10.7. The van der Waals surface area contributed by atoms with Crippen LogP contribution in [0.15, 0.2) is 18.2 Å². The van der Waals surface area contributed by atoms with E-state index in [1.165, 1.54) is 4.90 Å². The van der Waals surface area contributed by atoms with Crippen molar-refractivity contribution in [3.8, 4) is 6.07 Å². The summed E-state index contributed by atoms with van der Waals surface area (Å²) in [7, 11) is 0. The number of nitriles is 1. The van der Waals surface area contributed by atoms with Gasteiger partial charge in [-0.3, -0.25) is 9.69 Å². The summed E-state index contributed by atoms with van der Waals surface area (Å²) in [6.45, 7) is -0.148. The van der Waals surface area contributed by atoms with Gasteiger partial charge in [0.15, 0.2) is 6.10 Å². The second-order valence-corrected chi connectivity index (χ2v) is 6.12. The van der Waals surface area contributed by atoms with Crippen LogP contribution in [0.25, 0.3) is 10.2 Å². The van der Waals surface area contributed by atoms with Crippen molar-refractivity contribution in [2.45, 2.75) is 25.4 Å². The monoisotopic (exact) mass is 317 g/mol. The van der Waals surface area contributed by atoms with Gasteiger partial charge in [0.1, 0.15) is 6.73 Å². The van der Waals surface area contributed by atoms with Crippen LogP contribution in [0.4, 0.5) is 5.69 Å². The number of nitrogens with zero attached hydrogens (tertiary/aromatic N) is 3. The van der Waals surface area contributed by atoms with Gasteiger partial charge in [-0.25, -0.2) is 4.98 Å². The number of benzene rings is 1. The van der Waals surface area contributed by atoms with Crippen molar-refractivity contribution >= 4 is 33.1 Å². The molecule has 0 spiro atoms. The number of rotatable bonds is 5. The maximum Gasteiger partial charge on any atom is 0.260 e. The second kappa shape index (κ2) is 6.40. The fourth-order valence-corrected chi connectivity index (χ4v) is 3.40. The summed E-state index contributed by atoms with van der Waals surface area (Å²) in [5, 5.41) is 18.6. The largest absolute Gasteiger partial charge is 0.393 e. The van der Waals surface area contributed by atoms with E-state index < -0.39 is 6.10 Å². The lowest BCUT2D eigenvalue weighted by atomic mass is 10.2. The van der Waals surface area contributed by atoms with Crippen molar-refractivity contribution < 1.29 is 14.6 Å². The van der Waals surface area contributed by atoms with E-state index in [1.807, 2.05) is 18.2 Å². The number of aromatic nitrogens is 1. The third-order valence-corrected chi connectivity index (χ3v) is 4.60. The topological polar surface area (TPSA) is 86.5 Å². The number of carbonyl (C=O) groups is 1. The minimum absolute atomic E-state index is 0.156. The molecular formula is C15H15N3O3S. The van der Waals surface area contributed by atoms with Gasteiger partial charge in [0, 0.05) is 18.5 Å². The Morgan fingerprint density at radius 2 is 2.41 bits per heavy atom. The number of unbranched alkanes of at least 4 members (excludes halogenated alkanes) is 1. The number of hydrogen-bond acceptors (Lipinski definition) is 6. The summed E-state index contributed by atoms with van der Waals surface area (Å²) >= 11 is 1.58. The smallest absolute Gasteiger partial charge is 0.260 e. The van der Waals surface area contributed by atoms with Gasteiger partial charge in [-0.15, -0.1) is 11.3 Å². The molecule has 1 saturated heterocycles. The normalized spacial score (nSPS) is 18.1. The number of fused-ring (bicyclic) bond motifs is 1. The number of thiazole rings is 1. The quantitative estimate of drug-likeness (QED) is 0.850. The summed E-state index contributed by atoms with van der Waals surface area (Å²) in [6, 6.07) is 7.77. The molecule has 1 aromatic carbocycles. The molecule has 6 nitrogen and oxygen atoms in total. The minimum Gasteiger partial charge on any atom is -0.393 e. The van der Waals surface area contributed by atoms with Crippen LogP contribution >= 0.6 is 11.3 Å². The third-order valence-electron chi connectivity index (χ3n) is 3.52. The van der Waals surface area contributed by atoms with E-state index in [9.17, 15) is 4.79 Å². The summed E-state index contributed by atoms with van der Waals surface area (Å²) in [4.78, 5) is 18.1. The number of hydrogen-bond donors (Lipinski definition) is 1. The number of aliphatic hydroxyl groups excluding tert-OH is 1. The van der Waals surface area contributed by atoms with Crippen LogP contribution in [0.5, 0.6) is 0 Å². The summed E-state index contributed by atoms with van der Waals surface area (Å²) < 4.78 is 6.25. The molecule has 0 aliphatic carbocycles. The summed E-state index contributed by atoms with van der Waals surface area (Å²) in [5.41, 5.74) is 1.65. The van der Waals surface area contributed by atoms with E-state index in [2.05, 4.69) is 11.1 Å². The standard InChI is InChI=1S/C15H15N3O3S/c16-6-2-1-3-14-17-11-5-4-10(7-13(11)22-14)18-9-21-12(8-19)15(18)20/h4-5,7,12,19H,1-3,8-9H2/t12-/m0/s1. The molecule has 3 rings (SSSR count). The van der Waals surface area contributed by atoms with Crippen LogP contribution in [0.1, 0.15) is 17.8 Å². The minimum atomic E-state index is -0.765. The molecule has 2 heterocycles. The van der Waals surface area contributed by atoms with E-state index in [0.717, 1.165) is 33.8 Å². The molecular weight excluding hydrogens is 302 g/mol. The Morgan fingerprint density at radius 3 is 3.14 bits per heavy atom. The highest BCUT2D eigenvalue weighted by molar-refractivity contribution is 7.18. The zero-order valence-electron chi connectivity index (χ0n) is 11.9. The lowest BCUT2D eigenvalue weighted by Crippen LogP contribution is -2.31. The number of carbonyl (C=O) groups excluding carboxylic acids is 1. The van der Waals surface area contributed by atoms with E-state index in [1.54, 1.807) is 11.3 Å². The molecule has 0 bridgehead atoms. The fraction of sp³-hybridized carbons (Fsp3) is 0.400. The predicted molar refractivity (Wildman–Crippen MR) is 82.5 cm³/mol. The third kappa shape index (κ3) is 2.81. The number of amides is 1. The van der Waals surface area contributed by atoms with Crippen LogP contribution < -0.4 is 4.90 Å². The van der Waals surface area contributed by atoms with E-state index >= 15 is 0 Å². The van der Waals surface area contributed by atoms with Gasteiger partial charge < -0.3 is 9.84 Å². The molecule has 0 unspecified atom stereocenters. The lowest BCUT2D eigenvalue weighted by Gasteiger charge is -2.13. The average Bonchev–Trinajstić information content (AvgIpc) is 3.09. The van der Waals surface area contributed by atoms with Crippen molar-refractivity contribution in [3.63, 3.8) is 0 Å². The predicted octanol–water partition coefficient (Wildman–Crippen LogP) is 1.82. The van der Waals surface area contributed by atoms with Crippen LogP contribution in [-0.4, -0.2) is 35.4 Å². The highest BCUT2D eigenvalue weighted by Crippen LogP contribution is 2.29. The van der Waals surface area contributed by atoms with Crippen molar-refractivity contribution in [2.24, 2.45) is 0 Å². The lowest BCUT2D eigenvalue weighted by molar-refractivity contribution is -0.123. The number of aryl methyl sites for hydroxylation is 1. The molecule has 1 fully saturated rings. The molecule has 1 aliphatic heterocycles. The maximum atomic E-state index is 12.1. The van der Waals surface area contributed by atoms with Crippen LogP contribution in [0.2, 0.25) is 0 Å².